The van der Waals surface area contributed by atoms with Crippen LogP contribution in [0.5, 0.6) is 0 Å². The molecule has 6 atom stereocenters. The first-order valence-corrected chi connectivity index (χ1v) is 13.2. The van der Waals surface area contributed by atoms with Crippen LogP contribution in [0.4, 0.5) is 17.5 Å². The Morgan fingerprint density at radius 1 is 1.15 bits per heavy atom. The van der Waals surface area contributed by atoms with E-state index >= 15 is 0 Å². The molecule has 0 spiro atoms. The summed E-state index contributed by atoms with van der Waals surface area (Å²) in [4.78, 5) is 56.9. The number of nitrogens with zero attached hydrogens (tertiary/aromatic N) is 3. The van der Waals surface area contributed by atoms with E-state index in [4.69, 9.17) is 25.2 Å². The van der Waals surface area contributed by atoms with Gasteiger partial charge in [0.1, 0.15) is 24.0 Å². The van der Waals surface area contributed by atoms with Gasteiger partial charge in [-0.15, -0.1) is 0 Å². The highest BCUT2D eigenvalue weighted by Crippen LogP contribution is 2.66. The number of nitrogens with two attached hydrogens (primary N) is 1. The molecule has 1 saturated heterocycles. The highest BCUT2D eigenvalue weighted by atomic mass is 31.3. The number of nitrogens with one attached hydrogen (secondary N) is 1. The first-order valence-electron chi connectivity index (χ1n) is 8.67. The highest BCUT2D eigenvalue weighted by molar-refractivity contribution is 7.66. The van der Waals surface area contributed by atoms with Gasteiger partial charge in [0.15, 0.2) is 12.0 Å². The van der Waals surface area contributed by atoms with Gasteiger partial charge in [0.25, 0.3) is 5.56 Å². The molecule has 3 rings (SSSR count). The van der Waals surface area contributed by atoms with Crippen LogP contribution in [-0.2, 0) is 31.6 Å². The topological polar surface area (TPSA) is 288 Å². The second-order valence-corrected chi connectivity index (χ2v) is 11.3. The minimum atomic E-state index is -5.73. The van der Waals surface area contributed by atoms with Crippen LogP contribution >= 0.6 is 23.5 Å². The molecule has 0 radical (unpaired) electrons. The number of aliphatic hydroxyl groups excluding tert-OH is 2. The number of aromatic nitrogens is 2. The Morgan fingerprint density at radius 2 is 1.79 bits per heavy atom. The van der Waals surface area contributed by atoms with Gasteiger partial charge in [0, 0.05) is 7.05 Å². The van der Waals surface area contributed by atoms with Crippen molar-refractivity contribution in [3.63, 3.8) is 0 Å². The van der Waals surface area contributed by atoms with E-state index in [1.807, 2.05) is 0 Å². The number of phosphoric acid groups is 3. The number of rotatable bonds is 8. The summed E-state index contributed by atoms with van der Waals surface area (Å²) in [5.41, 5.74) is 5.09. The number of nitrogen functional groups attached to an aromatic ring is 1. The Hall–Kier alpha value is -1.43. The molecule has 2 aliphatic heterocycles. The van der Waals surface area contributed by atoms with Crippen molar-refractivity contribution in [3.05, 3.63) is 10.4 Å². The van der Waals surface area contributed by atoms with Gasteiger partial charge in [0.05, 0.1) is 13.3 Å². The van der Waals surface area contributed by atoms with Gasteiger partial charge in [-0.2, -0.15) is 13.6 Å². The van der Waals surface area contributed by atoms with Gasteiger partial charge in [0.2, 0.25) is 5.95 Å². The molecule has 1 aromatic heterocycles. The molecular weight excluding hydrogens is 519 g/mol. The maximum Gasteiger partial charge on any atom is 0.490 e. The monoisotopic (exact) mass is 539 g/mol. The maximum absolute atomic E-state index is 12.1. The van der Waals surface area contributed by atoms with Crippen LogP contribution in [0.1, 0.15) is 0 Å². The summed E-state index contributed by atoms with van der Waals surface area (Å²) >= 11 is 0. The molecule has 0 amide bonds. The molecule has 6 unspecified atom stereocenters. The van der Waals surface area contributed by atoms with Gasteiger partial charge < -0.3 is 50.1 Å². The maximum atomic E-state index is 12.1. The van der Waals surface area contributed by atoms with Crippen molar-refractivity contribution in [3.8, 4) is 0 Å². The lowest BCUT2D eigenvalue weighted by Gasteiger charge is -2.27. The standard InChI is InChI=1S/C11H20N5O14P3/c1-15-3-16(8-5(15)9(19)14-11(12)13-8)10-7(18)6(17)4(28-10)2-27-32(23,24)30-33(25,26)29-31(20,21)22/h4,6-7,10,17-18H,2-3H2,1H3,(H,23,24)(H,25,26)(H2,20,21,22)(H3,12,13,14,19). The second-order valence-electron chi connectivity index (χ2n) is 6.87. The van der Waals surface area contributed by atoms with Crippen molar-refractivity contribution in [1.82, 2.24) is 9.97 Å². The summed E-state index contributed by atoms with van der Waals surface area (Å²) in [6.45, 7) is -1.01. The lowest BCUT2D eigenvalue weighted by Crippen LogP contribution is -2.45. The molecule has 1 aromatic rings. The van der Waals surface area contributed by atoms with Crippen LogP contribution in [0.15, 0.2) is 4.79 Å². The van der Waals surface area contributed by atoms with Gasteiger partial charge in [-0.3, -0.25) is 14.3 Å². The highest BCUT2D eigenvalue weighted by Gasteiger charge is 2.50. The molecule has 0 saturated carbocycles. The van der Waals surface area contributed by atoms with Crippen molar-refractivity contribution in [2.75, 3.05) is 35.9 Å². The number of H-pyrrole nitrogens is 1. The molecule has 1 fully saturated rings. The van der Waals surface area contributed by atoms with Crippen LogP contribution in [0.25, 0.3) is 0 Å². The van der Waals surface area contributed by atoms with E-state index in [9.17, 15) is 33.6 Å². The van der Waals surface area contributed by atoms with Gasteiger partial charge in [-0.1, -0.05) is 0 Å². The first-order chi connectivity index (χ1) is 15.0. The molecular formula is C11H20N5O14P3. The van der Waals surface area contributed by atoms with Crippen molar-refractivity contribution in [2.24, 2.45) is 0 Å². The molecule has 0 aliphatic carbocycles. The van der Waals surface area contributed by atoms with E-state index < -0.39 is 60.2 Å². The number of hydrogen-bond donors (Lipinski definition) is 8. The fourth-order valence-electron chi connectivity index (χ4n) is 3.18. The number of hydrogen-bond acceptors (Lipinski definition) is 14. The second kappa shape index (κ2) is 8.98. The third kappa shape index (κ3) is 5.98. The Balaban J connectivity index is 1.70. The molecule has 0 aromatic carbocycles. The normalized spacial score (nSPS) is 29.1. The number of aliphatic hydroxyl groups is 2. The van der Waals surface area contributed by atoms with Gasteiger partial charge in [-0.05, 0) is 0 Å². The zero-order valence-corrected chi connectivity index (χ0v) is 19.1. The third-order valence-corrected chi connectivity index (χ3v) is 8.18. The van der Waals surface area contributed by atoms with Crippen LogP contribution in [0.3, 0.4) is 0 Å². The van der Waals surface area contributed by atoms with E-state index in [2.05, 4.69) is 23.1 Å². The number of phosphoric ester groups is 1. The van der Waals surface area contributed by atoms with Crippen LogP contribution in [0, 0.1) is 0 Å². The van der Waals surface area contributed by atoms with Crippen LogP contribution in [-0.4, -0.2) is 84.6 Å². The molecule has 2 aliphatic rings. The summed E-state index contributed by atoms with van der Waals surface area (Å²) in [5, 5.41) is 20.6. The molecule has 33 heavy (non-hydrogen) atoms. The molecule has 3 heterocycles. The fraction of sp³-hybridized carbons (Fsp3) is 0.636. The Bertz CT molecular complexity index is 1110. The smallest absolute Gasteiger partial charge is 0.387 e. The Labute approximate surface area is 183 Å². The van der Waals surface area contributed by atoms with Crippen molar-refractivity contribution < 1.29 is 61.4 Å². The number of aromatic amines is 1. The Kier molecular flexibility index (Phi) is 7.12. The largest absolute Gasteiger partial charge is 0.490 e. The summed E-state index contributed by atoms with van der Waals surface area (Å²) in [6, 6.07) is 0. The van der Waals surface area contributed by atoms with Crippen molar-refractivity contribution >= 4 is 40.9 Å². The Morgan fingerprint density at radius 3 is 2.39 bits per heavy atom. The zero-order chi connectivity index (χ0) is 24.9. The van der Waals surface area contributed by atoms with Gasteiger partial charge >= 0.3 is 23.5 Å². The van der Waals surface area contributed by atoms with E-state index in [1.54, 1.807) is 0 Å². The fourth-order valence-corrected chi connectivity index (χ4v) is 6.21. The lowest BCUT2D eigenvalue weighted by atomic mass is 10.1. The van der Waals surface area contributed by atoms with Gasteiger partial charge in [-0.25, -0.2) is 13.7 Å². The predicted molar refractivity (Wildman–Crippen MR) is 106 cm³/mol. The quantitative estimate of drug-likeness (QED) is 0.157. The minimum Gasteiger partial charge on any atom is -0.387 e. The first kappa shape index (κ1) is 26.2. The van der Waals surface area contributed by atoms with Crippen LogP contribution < -0.4 is 21.1 Å². The average Bonchev–Trinajstić information content (AvgIpc) is 3.07. The number of fused-ring (bicyclic) bond motifs is 1. The number of ether oxygens (including phenoxy) is 1. The molecule has 9 N–H and O–H groups in total. The molecule has 188 valence electrons. The molecule has 22 heteroatoms. The third-order valence-electron chi connectivity index (χ3n) is 4.38. The zero-order valence-electron chi connectivity index (χ0n) is 16.4. The molecule has 0 bridgehead atoms. The minimum absolute atomic E-state index is 0.0219. The van der Waals surface area contributed by atoms with Crippen LogP contribution in [0.2, 0.25) is 0 Å². The SMILES string of the molecule is CN1CN(C2OC(COP(=O)(O)OP(=O)(O)OP(=O)(O)O)C(O)C2O)c2nc(N)[nH]c(=O)c21. The summed E-state index contributed by atoms with van der Waals surface area (Å²) in [5.74, 6) is -0.195. The van der Waals surface area contributed by atoms with E-state index in [0.29, 0.717) is 0 Å². The van der Waals surface area contributed by atoms with Crippen molar-refractivity contribution in [2.45, 2.75) is 24.5 Å². The van der Waals surface area contributed by atoms with Crippen molar-refractivity contribution in [1.29, 1.82) is 0 Å². The predicted octanol–water partition coefficient (Wildman–Crippen LogP) is -2.64. The summed E-state index contributed by atoms with van der Waals surface area (Å²) in [6.07, 6.45) is -6.17. The average molecular weight is 539 g/mol. The van der Waals surface area contributed by atoms with E-state index in [-0.39, 0.29) is 24.1 Å². The lowest BCUT2D eigenvalue weighted by molar-refractivity contribution is -0.0217. The number of anilines is 3. The summed E-state index contributed by atoms with van der Waals surface area (Å²) < 4.78 is 50.9. The molecule has 19 nitrogen and oxygen atoms in total. The van der Waals surface area contributed by atoms with E-state index in [1.165, 1.54) is 16.8 Å². The summed E-state index contributed by atoms with van der Waals surface area (Å²) in [7, 11) is -15.2. The van der Waals surface area contributed by atoms with E-state index in [0.717, 1.165) is 0 Å².